The fourth-order valence-corrected chi connectivity index (χ4v) is 2.57. The zero-order valence-corrected chi connectivity index (χ0v) is 10.1. The van der Waals surface area contributed by atoms with E-state index in [1.54, 1.807) is 12.1 Å². The lowest BCUT2D eigenvalue weighted by molar-refractivity contribution is -0.130. The van der Waals surface area contributed by atoms with Crippen molar-refractivity contribution in [3.63, 3.8) is 0 Å². The van der Waals surface area contributed by atoms with Gasteiger partial charge in [-0.3, -0.25) is 0 Å². The molecule has 3 nitrogen and oxygen atoms in total. The van der Waals surface area contributed by atoms with Crippen LogP contribution in [0.1, 0.15) is 15.6 Å². The highest BCUT2D eigenvalue weighted by Crippen LogP contribution is 2.23. The van der Waals surface area contributed by atoms with Crippen LogP contribution in [0.3, 0.4) is 0 Å². The summed E-state index contributed by atoms with van der Waals surface area (Å²) in [4.78, 5) is 16.1. The average Bonchev–Trinajstić information content (AvgIpc) is 2.84. The lowest BCUT2D eigenvalue weighted by Crippen LogP contribution is -1.97. The maximum Gasteiger partial charge on any atom is 0.337 e. The molecule has 1 N–H and O–H groups in total. The molecular weight excluding hydrogens is 242 g/mol. The normalized spacial score (nSPS) is 11.7. The number of aromatic nitrogens is 1. The van der Waals surface area contributed by atoms with E-state index in [9.17, 15) is 4.79 Å². The molecule has 0 unspecified atom stereocenters. The summed E-state index contributed by atoms with van der Waals surface area (Å²) in [6.07, 6.45) is 1.61. The minimum atomic E-state index is -0.923. The summed E-state index contributed by atoms with van der Waals surface area (Å²) in [5, 5.41) is 13.8. The fourth-order valence-electron chi connectivity index (χ4n) is 1.26. The zero-order chi connectivity index (χ0) is 11.5. The van der Waals surface area contributed by atoms with E-state index in [-0.39, 0.29) is 0 Å². The van der Waals surface area contributed by atoms with Gasteiger partial charge >= 0.3 is 5.97 Å². The summed E-state index contributed by atoms with van der Waals surface area (Å²) in [5.41, 5.74) is 0.994. The first-order valence-corrected chi connectivity index (χ1v) is 6.34. The van der Waals surface area contributed by atoms with Crippen LogP contribution >= 0.6 is 22.7 Å². The summed E-state index contributed by atoms with van der Waals surface area (Å²) < 4.78 is 0. The standard InChI is InChI=1S/C11H9NO2S2/c1-7-12-8(6-16-7)5-9(11(13)14)10-3-2-4-15-10/h2-6H,1H3,(H,13,14)/b9-5-. The number of carbonyl (C=O) groups is 1. The Hall–Kier alpha value is -1.46. The smallest absolute Gasteiger partial charge is 0.337 e. The van der Waals surface area contributed by atoms with Gasteiger partial charge < -0.3 is 5.11 Å². The van der Waals surface area contributed by atoms with Crippen LogP contribution in [0.5, 0.6) is 0 Å². The van der Waals surface area contributed by atoms with E-state index in [1.165, 1.54) is 22.7 Å². The van der Waals surface area contributed by atoms with E-state index < -0.39 is 5.97 Å². The van der Waals surface area contributed by atoms with Crippen LogP contribution in [0.25, 0.3) is 11.6 Å². The quantitative estimate of drug-likeness (QED) is 0.853. The molecule has 0 radical (unpaired) electrons. The van der Waals surface area contributed by atoms with E-state index >= 15 is 0 Å². The molecule has 0 spiro atoms. The minimum Gasteiger partial charge on any atom is -0.478 e. The Labute approximate surface area is 101 Å². The van der Waals surface area contributed by atoms with Crippen molar-refractivity contribution in [2.24, 2.45) is 0 Å². The summed E-state index contributed by atoms with van der Waals surface area (Å²) in [6, 6.07) is 3.63. The molecule has 0 aromatic carbocycles. The Morgan fingerprint density at radius 1 is 1.50 bits per heavy atom. The van der Waals surface area contributed by atoms with Crippen molar-refractivity contribution < 1.29 is 9.90 Å². The highest BCUT2D eigenvalue weighted by Gasteiger charge is 2.11. The van der Waals surface area contributed by atoms with Gasteiger partial charge in [0.2, 0.25) is 0 Å². The topological polar surface area (TPSA) is 50.2 Å². The zero-order valence-electron chi connectivity index (χ0n) is 8.51. The van der Waals surface area contributed by atoms with Gasteiger partial charge in [0.1, 0.15) is 0 Å². The predicted octanol–water partition coefficient (Wildman–Crippen LogP) is 3.14. The number of thiazole rings is 1. The second-order valence-electron chi connectivity index (χ2n) is 3.13. The third-order valence-corrected chi connectivity index (χ3v) is 3.64. The lowest BCUT2D eigenvalue weighted by Gasteiger charge is -1.96. The van der Waals surface area contributed by atoms with Gasteiger partial charge in [-0.25, -0.2) is 9.78 Å². The van der Waals surface area contributed by atoms with E-state index in [0.29, 0.717) is 11.3 Å². The van der Waals surface area contributed by atoms with Crippen molar-refractivity contribution >= 4 is 40.3 Å². The third-order valence-electron chi connectivity index (χ3n) is 1.95. The van der Waals surface area contributed by atoms with E-state index in [4.69, 9.17) is 5.11 Å². The number of hydrogen-bond donors (Lipinski definition) is 1. The number of carboxylic acid groups (broad SMARTS) is 1. The van der Waals surface area contributed by atoms with Gasteiger partial charge in [-0.1, -0.05) is 6.07 Å². The fraction of sp³-hybridized carbons (Fsp3) is 0.0909. The predicted molar refractivity (Wildman–Crippen MR) is 66.7 cm³/mol. The molecule has 2 aromatic rings. The van der Waals surface area contributed by atoms with Gasteiger partial charge in [0, 0.05) is 10.3 Å². The number of carboxylic acids is 1. The molecule has 0 bridgehead atoms. The van der Waals surface area contributed by atoms with Crippen LogP contribution in [0, 0.1) is 6.92 Å². The highest BCUT2D eigenvalue weighted by molar-refractivity contribution is 7.11. The van der Waals surface area contributed by atoms with Crippen molar-refractivity contribution in [3.8, 4) is 0 Å². The Kier molecular flexibility index (Phi) is 3.17. The number of nitrogens with zero attached hydrogens (tertiary/aromatic N) is 1. The van der Waals surface area contributed by atoms with E-state index in [0.717, 1.165) is 9.88 Å². The summed E-state index contributed by atoms with van der Waals surface area (Å²) in [5.74, 6) is -0.923. The van der Waals surface area contributed by atoms with Crippen LogP contribution in [-0.4, -0.2) is 16.1 Å². The molecule has 0 amide bonds. The molecule has 0 atom stereocenters. The highest BCUT2D eigenvalue weighted by atomic mass is 32.1. The average molecular weight is 251 g/mol. The van der Waals surface area contributed by atoms with Gasteiger partial charge in [0.25, 0.3) is 0 Å². The second kappa shape index (κ2) is 4.59. The first kappa shape index (κ1) is 11.0. The van der Waals surface area contributed by atoms with Crippen LogP contribution in [0.4, 0.5) is 0 Å². The van der Waals surface area contributed by atoms with Crippen LogP contribution < -0.4 is 0 Å². The molecule has 0 aliphatic heterocycles. The molecule has 0 aliphatic rings. The molecule has 82 valence electrons. The number of hydrogen-bond acceptors (Lipinski definition) is 4. The molecular formula is C11H9NO2S2. The number of rotatable bonds is 3. The monoisotopic (exact) mass is 251 g/mol. The van der Waals surface area contributed by atoms with E-state index in [2.05, 4.69) is 4.98 Å². The second-order valence-corrected chi connectivity index (χ2v) is 5.14. The van der Waals surface area contributed by atoms with Gasteiger partial charge in [-0.05, 0) is 24.4 Å². The number of aliphatic carboxylic acids is 1. The van der Waals surface area contributed by atoms with Crippen LogP contribution in [0.2, 0.25) is 0 Å². The summed E-state index contributed by atoms with van der Waals surface area (Å²) >= 11 is 2.92. The molecule has 0 aliphatic carbocycles. The first-order valence-electron chi connectivity index (χ1n) is 4.58. The van der Waals surface area contributed by atoms with Crippen molar-refractivity contribution in [2.75, 3.05) is 0 Å². The number of aryl methyl sites for hydroxylation is 1. The third kappa shape index (κ3) is 2.37. The minimum absolute atomic E-state index is 0.292. The van der Waals surface area contributed by atoms with Gasteiger partial charge in [-0.15, -0.1) is 22.7 Å². The molecule has 0 fully saturated rings. The summed E-state index contributed by atoms with van der Waals surface area (Å²) in [7, 11) is 0. The maximum absolute atomic E-state index is 11.1. The largest absolute Gasteiger partial charge is 0.478 e. The van der Waals surface area contributed by atoms with Crippen molar-refractivity contribution in [1.82, 2.24) is 4.98 Å². The Bertz CT molecular complexity index is 526. The first-order chi connectivity index (χ1) is 7.66. The van der Waals surface area contributed by atoms with Crippen LogP contribution in [-0.2, 0) is 4.79 Å². The van der Waals surface area contributed by atoms with Crippen LogP contribution in [0.15, 0.2) is 22.9 Å². The van der Waals surface area contributed by atoms with Crippen molar-refractivity contribution in [2.45, 2.75) is 6.92 Å². The Balaban J connectivity index is 2.41. The molecule has 0 saturated heterocycles. The van der Waals surface area contributed by atoms with E-state index in [1.807, 2.05) is 23.8 Å². The van der Waals surface area contributed by atoms with Crippen molar-refractivity contribution in [1.29, 1.82) is 0 Å². The number of thiophene rings is 1. The van der Waals surface area contributed by atoms with Crippen molar-refractivity contribution in [3.05, 3.63) is 38.5 Å². The molecule has 2 rings (SSSR count). The molecule has 16 heavy (non-hydrogen) atoms. The van der Waals surface area contributed by atoms with Gasteiger partial charge in [0.15, 0.2) is 0 Å². The van der Waals surface area contributed by atoms with Gasteiger partial charge in [-0.2, -0.15) is 0 Å². The molecule has 2 heterocycles. The lowest BCUT2D eigenvalue weighted by atomic mass is 10.2. The van der Waals surface area contributed by atoms with Gasteiger partial charge in [0.05, 0.1) is 16.3 Å². The Morgan fingerprint density at radius 2 is 2.31 bits per heavy atom. The molecule has 2 aromatic heterocycles. The maximum atomic E-state index is 11.1. The molecule has 0 saturated carbocycles. The SMILES string of the molecule is Cc1nc(/C=C(\C(=O)O)c2cccs2)cs1. The summed E-state index contributed by atoms with van der Waals surface area (Å²) in [6.45, 7) is 1.90. The Morgan fingerprint density at radius 3 is 2.81 bits per heavy atom. The molecule has 5 heteroatoms.